The maximum atomic E-state index is 12.1. The zero-order valence-corrected chi connectivity index (χ0v) is 13.0. The summed E-state index contributed by atoms with van der Waals surface area (Å²) >= 11 is 6.23. The third-order valence-corrected chi connectivity index (χ3v) is 4.12. The number of nitrogens with one attached hydrogen (secondary N) is 1. The van der Waals surface area contributed by atoms with Gasteiger partial charge in [-0.3, -0.25) is 9.78 Å². The van der Waals surface area contributed by atoms with Gasteiger partial charge in [0.05, 0.1) is 5.02 Å². The quantitative estimate of drug-likeness (QED) is 0.882. The van der Waals surface area contributed by atoms with Gasteiger partial charge in [-0.05, 0) is 49.1 Å². The summed E-state index contributed by atoms with van der Waals surface area (Å²) in [5.74, 6) is 1.83. The lowest BCUT2D eigenvalue weighted by Crippen LogP contribution is -2.21. The molecule has 0 radical (unpaired) electrons. The van der Waals surface area contributed by atoms with Gasteiger partial charge >= 0.3 is 0 Å². The van der Waals surface area contributed by atoms with Crippen molar-refractivity contribution >= 4 is 23.2 Å². The van der Waals surface area contributed by atoms with E-state index >= 15 is 0 Å². The van der Waals surface area contributed by atoms with E-state index < -0.39 is 0 Å². The zero-order valence-electron chi connectivity index (χ0n) is 12.3. The standard InChI is InChI=1S/C17H17ClN2O2/c1-11(12-2-3-12)17(21)20-13-4-5-16(15(18)10-13)22-14-6-8-19-9-7-14/h4-12H,2-3H2,1H3,(H,20,21). The van der Waals surface area contributed by atoms with Gasteiger partial charge in [0.1, 0.15) is 11.5 Å². The summed E-state index contributed by atoms with van der Waals surface area (Å²) in [5, 5.41) is 3.36. The van der Waals surface area contributed by atoms with Gasteiger partial charge in [-0.2, -0.15) is 0 Å². The van der Waals surface area contributed by atoms with E-state index in [0.717, 1.165) is 12.8 Å². The summed E-state index contributed by atoms with van der Waals surface area (Å²) in [4.78, 5) is 16.0. The number of ether oxygens (including phenoxy) is 1. The number of nitrogens with zero attached hydrogens (tertiary/aromatic N) is 1. The molecule has 1 unspecified atom stereocenters. The second-order valence-electron chi connectivity index (χ2n) is 5.55. The number of carbonyl (C=O) groups excluding carboxylic acids is 1. The van der Waals surface area contributed by atoms with Crippen LogP contribution in [0.3, 0.4) is 0 Å². The Balaban J connectivity index is 1.67. The van der Waals surface area contributed by atoms with Crippen LogP contribution in [-0.2, 0) is 4.79 Å². The molecule has 1 fully saturated rings. The van der Waals surface area contributed by atoms with Crippen LogP contribution >= 0.6 is 11.6 Å². The summed E-state index contributed by atoms with van der Waals surface area (Å²) in [6.07, 6.45) is 5.59. The van der Waals surface area contributed by atoms with Crippen LogP contribution in [0.25, 0.3) is 0 Å². The van der Waals surface area contributed by atoms with E-state index in [1.807, 2.05) is 6.92 Å². The Morgan fingerprint density at radius 2 is 2.05 bits per heavy atom. The number of aromatic nitrogens is 1. The summed E-state index contributed by atoms with van der Waals surface area (Å²) in [6, 6.07) is 8.75. The lowest BCUT2D eigenvalue weighted by atomic mass is 10.1. The molecule has 1 atom stereocenters. The Labute approximate surface area is 134 Å². The first kappa shape index (κ1) is 14.9. The van der Waals surface area contributed by atoms with Crippen LogP contribution < -0.4 is 10.1 Å². The number of carbonyl (C=O) groups is 1. The molecular weight excluding hydrogens is 300 g/mol. The molecule has 0 bridgehead atoms. The van der Waals surface area contributed by atoms with E-state index in [1.54, 1.807) is 42.7 Å². The molecule has 1 heterocycles. The van der Waals surface area contributed by atoms with E-state index in [9.17, 15) is 4.79 Å². The van der Waals surface area contributed by atoms with Crippen molar-refractivity contribution in [3.8, 4) is 11.5 Å². The fraction of sp³-hybridized carbons (Fsp3) is 0.294. The van der Waals surface area contributed by atoms with Crippen LogP contribution in [0.5, 0.6) is 11.5 Å². The largest absolute Gasteiger partial charge is 0.456 e. The monoisotopic (exact) mass is 316 g/mol. The van der Waals surface area contributed by atoms with Crippen LogP contribution in [0.2, 0.25) is 5.02 Å². The fourth-order valence-corrected chi connectivity index (χ4v) is 2.48. The maximum absolute atomic E-state index is 12.1. The zero-order chi connectivity index (χ0) is 15.5. The molecule has 1 N–H and O–H groups in total. The van der Waals surface area contributed by atoms with Crippen LogP contribution in [0.4, 0.5) is 5.69 Å². The van der Waals surface area contributed by atoms with Crippen molar-refractivity contribution in [1.82, 2.24) is 4.98 Å². The van der Waals surface area contributed by atoms with E-state index in [4.69, 9.17) is 16.3 Å². The lowest BCUT2D eigenvalue weighted by molar-refractivity contribution is -0.119. The predicted molar refractivity (Wildman–Crippen MR) is 86.3 cm³/mol. The number of anilines is 1. The number of benzene rings is 1. The fourth-order valence-electron chi connectivity index (χ4n) is 2.26. The van der Waals surface area contributed by atoms with Gasteiger partial charge in [-0.25, -0.2) is 0 Å². The van der Waals surface area contributed by atoms with Crippen molar-refractivity contribution in [2.75, 3.05) is 5.32 Å². The molecule has 1 aliphatic carbocycles. The molecule has 5 heteroatoms. The molecular formula is C17H17ClN2O2. The minimum Gasteiger partial charge on any atom is -0.456 e. The molecule has 0 saturated heterocycles. The SMILES string of the molecule is CC(C(=O)Nc1ccc(Oc2ccncc2)c(Cl)c1)C1CC1. The summed E-state index contributed by atoms with van der Waals surface area (Å²) < 4.78 is 5.68. The molecule has 0 aliphatic heterocycles. The van der Waals surface area contributed by atoms with Gasteiger partial charge in [0.2, 0.25) is 5.91 Å². The first-order chi connectivity index (χ1) is 10.6. The molecule has 1 aliphatic rings. The van der Waals surface area contributed by atoms with Crippen molar-refractivity contribution in [2.24, 2.45) is 11.8 Å². The highest BCUT2D eigenvalue weighted by Crippen LogP contribution is 2.37. The topological polar surface area (TPSA) is 51.2 Å². The number of pyridine rings is 1. The highest BCUT2D eigenvalue weighted by atomic mass is 35.5. The molecule has 114 valence electrons. The Bertz CT molecular complexity index is 672. The van der Waals surface area contributed by atoms with Crippen molar-refractivity contribution in [3.63, 3.8) is 0 Å². The minimum atomic E-state index is 0.0429. The molecule has 1 aromatic carbocycles. The number of rotatable bonds is 5. The van der Waals surface area contributed by atoms with Gasteiger partial charge in [-0.15, -0.1) is 0 Å². The summed E-state index contributed by atoms with van der Waals surface area (Å²) in [5.41, 5.74) is 0.685. The molecule has 22 heavy (non-hydrogen) atoms. The second kappa shape index (κ2) is 6.36. The molecule has 2 aromatic rings. The lowest BCUT2D eigenvalue weighted by Gasteiger charge is -2.13. The van der Waals surface area contributed by atoms with Crippen LogP contribution in [0.1, 0.15) is 19.8 Å². The molecule has 3 rings (SSSR count). The molecule has 1 aromatic heterocycles. The summed E-state index contributed by atoms with van der Waals surface area (Å²) in [7, 11) is 0. The predicted octanol–water partition coefficient (Wildman–Crippen LogP) is 4.51. The van der Waals surface area contributed by atoms with E-state index in [-0.39, 0.29) is 11.8 Å². The third-order valence-electron chi connectivity index (χ3n) is 3.82. The van der Waals surface area contributed by atoms with Crippen molar-refractivity contribution in [3.05, 3.63) is 47.7 Å². The minimum absolute atomic E-state index is 0.0429. The van der Waals surface area contributed by atoms with Crippen molar-refractivity contribution < 1.29 is 9.53 Å². The smallest absolute Gasteiger partial charge is 0.227 e. The van der Waals surface area contributed by atoms with Crippen molar-refractivity contribution in [1.29, 1.82) is 0 Å². The van der Waals surface area contributed by atoms with E-state index in [0.29, 0.717) is 28.1 Å². The molecule has 1 amide bonds. The Morgan fingerprint density at radius 1 is 1.32 bits per heavy atom. The Kier molecular flexibility index (Phi) is 4.29. The van der Waals surface area contributed by atoms with Crippen LogP contribution in [-0.4, -0.2) is 10.9 Å². The van der Waals surface area contributed by atoms with E-state index in [2.05, 4.69) is 10.3 Å². The third kappa shape index (κ3) is 3.57. The number of halogens is 1. The first-order valence-electron chi connectivity index (χ1n) is 7.32. The van der Waals surface area contributed by atoms with Crippen LogP contribution in [0, 0.1) is 11.8 Å². The Morgan fingerprint density at radius 3 is 2.68 bits per heavy atom. The first-order valence-corrected chi connectivity index (χ1v) is 7.69. The van der Waals surface area contributed by atoms with Gasteiger partial charge in [0, 0.05) is 24.0 Å². The normalized spacial score (nSPS) is 15.2. The molecule has 4 nitrogen and oxygen atoms in total. The number of amides is 1. The summed E-state index contributed by atoms with van der Waals surface area (Å²) in [6.45, 7) is 1.97. The van der Waals surface area contributed by atoms with Gasteiger partial charge in [0.25, 0.3) is 0 Å². The highest BCUT2D eigenvalue weighted by molar-refractivity contribution is 6.32. The van der Waals surface area contributed by atoms with Gasteiger partial charge in [0.15, 0.2) is 0 Å². The Hall–Kier alpha value is -2.07. The van der Waals surface area contributed by atoms with E-state index in [1.165, 1.54) is 0 Å². The second-order valence-corrected chi connectivity index (χ2v) is 5.95. The van der Waals surface area contributed by atoms with Gasteiger partial charge < -0.3 is 10.1 Å². The molecule has 0 spiro atoms. The highest BCUT2D eigenvalue weighted by Gasteiger charge is 2.32. The maximum Gasteiger partial charge on any atom is 0.227 e. The average Bonchev–Trinajstić information content (AvgIpc) is 3.35. The average molecular weight is 317 g/mol. The van der Waals surface area contributed by atoms with Crippen LogP contribution in [0.15, 0.2) is 42.7 Å². The number of hydrogen-bond donors (Lipinski definition) is 1. The van der Waals surface area contributed by atoms with Crippen molar-refractivity contribution in [2.45, 2.75) is 19.8 Å². The number of hydrogen-bond acceptors (Lipinski definition) is 3. The molecule has 1 saturated carbocycles. The van der Waals surface area contributed by atoms with Gasteiger partial charge in [-0.1, -0.05) is 18.5 Å².